The largest absolute Gasteiger partial charge is 0.469 e. The van der Waals surface area contributed by atoms with Gasteiger partial charge in [-0.2, -0.15) is 0 Å². The molecular formula is C14H22O5Si. The molecule has 2 aliphatic rings. The average Bonchev–Trinajstić information content (AvgIpc) is 2.63. The van der Waals surface area contributed by atoms with Crippen molar-refractivity contribution in [3.8, 4) is 0 Å². The van der Waals surface area contributed by atoms with Gasteiger partial charge in [0, 0.05) is 5.92 Å². The Morgan fingerprint density at radius 1 is 1.30 bits per heavy atom. The van der Waals surface area contributed by atoms with Gasteiger partial charge in [0.25, 0.3) is 0 Å². The van der Waals surface area contributed by atoms with E-state index in [-0.39, 0.29) is 30.1 Å². The minimum absolute atomic E-state index is 0.207. The minimum Gasteiger partial charge on any atom is -0.469 e. The number of hydrogen-bond acceptors (Lipinski definition) is 5. The number of cyclic esters (lactones) is 1. The number of rotatable bonds is 3. The molecule has 1 saturated heterocycles. The monoisotopic (exact) mass is 298 g/mol. The Labute approximate surface area is 120 Å². The van der Waals surface area contributed by atoms with Gasteiger partial charge < -0.3 is 13.9 Å². The van der Waals surface area contributed by atoms with E-state index < -0.39 is 20.2 Å². The van der Waals surface area contributed by atoms with E-state index in [1.807, 2.05) is 13.0 Å². The maximum Gasteiger partial charge on any atom is 0.312 e. The van der Waals surface area contributed by atoms with Crippen LogP contribution in [0.3, 0.4) is 0 Å². The number of methoxy groups -OCH3 is 1. The Kier molecular flexibility index (Phi) is 4.06. The van der Waals surface area contributed by atoms with E-state index >= 15 is 0 Å². The van der Waals surface area contributed by atoms with Crippen molar-refractivity contribution in [2.24, 2.45) is 17.8 Å². The number of carbonyl (C=O) groups is 2. The molecule has 20 heavy (non-hydrogen) atoms. The van der Waals surface area contributed by atoms with Gasteiger partial charge in [-0.3, -0.25) is 9.59 Å². The summed E-state index contributed by atoms with van der Waals surface area (Å²) in [7, 11) is -0.430. The quantitative estimate of drug-likeness (QED) is 0.451. The second kappa shape index (κ2) is 5.33. The summed E-state index contributed by atoms with van der Waals surface area (Å²) in [4.78, 5) is 24.0. The fourth-order valence-corrected chi connectivity index (χ4v) is 4.07. The summed E-state index contributed by atoms with van der Waals surface area (Å²) in [5.74, 6) is -1.66. The van der Waals surface area contributed by atoms with Crippen LogP contribution in [0.5, 0.6) is 0 Å². The van der Waals surface area contributed by atoms with E-state index in [0.29, 0.717) is 0 Å². The summed E-state index contributed by atoms with van der Waals surface area (Å²) < 4.78 is 16.2. The molecule has 5 nitrogen and oxygen atoms in total. The van der Waals surface area contributed by atoms with Crippen LogP contribution in [0.15, 0.2) is 12.2 Å². The van der Waals surface area contributed by atoms with Crippen LogP contribution in [-0.4, -0.2) is 39.6 Å². The second-order valence-electron chi connectivity index (χ2n) is 6.37. The van der Waals surface area contributed by atoms with Crippen LogP contribution in [0.25, 0.3) is 0 Å². The standard InChI is InChI=1S/C14H22O5Si/c1-8-11-9(13(15)17-2)6-7-10(19-20(3,4)5)12(11)14(16)18-8/h6-12H,1-5H3/t8-,9?,10+,11+,12-/m0/s1. The lowest BCUT2D eigenvalue weighted by molar-refractivity contribution is -0.147. The van der Waals surface area contributed by atoms with E-state index in [0.717, 1.165) is 0 Å². The van der Waals surface area contributed by atoms with Crippen LogP contribution in [0.1, 0.15) is 6.92 Å². The van der Waals surface area contributed by atoms with Crippen molar-refractivity contribution in [2.45, 2.75) is 38.8 Å². The zero-order valence-corrected chi connectivity index (χ0v) is 13.6. The predicted octanol–water partition coefficient (Wildman–Crippen LogP) is 1.74. The summed E-state index contributed by atoms with van der Waals surface area (Å²) in [6.07, 6.45) is 3.02. The fraction of sp³-hybridized carbons (Fsp3) is 0.714. The molecule has 0 amide bonds. The molecule has 0 bridgehead atoms. The van der Waals surface area contributed by atoms with E-state index in [4.69, 9.17) is 13.9 Å². The van der Waals surface area contributed by atoms with Crippen LogP contribution in [-0.2, 0) is 23.5 Å². The minimum atomic E-state index is -1.79. The molecule has 1 aliphatic carbocycles. The summed E-state index contributed by atoms with van der Waals surface area (Å²) in [5.41, 5.74) is 0. The van der Waals surface area contributed by atoms with E-state index in [1.165, 1.54) is 7.11 Å². The highest BCUT2D eigenvalue weighted by atomic mass is 28.4. The summed E-state index contributed by atoms with van der Waals surface area (Å²) >= 11 is 0. The van der Waals surface area contributed by atoms with Gasteiger partial charge in [0.15, 0.2) is 8.32 Å². The van der Waals surface area contributed by atoms with Crippen molar-refractivity contribution in [1.29, 1.82) is 0 Å². The van der Waals surface area contributed by atoms with Crippen LogP contribution in [0, 0.1) is 17.8 Å². The molecular weight excluding hydrogens is 276 g/mol. The van der Waals surface area contributed by atoms with Crippen LogP contribution in [0.4, 0.5) is 0 Å². The molecule has 0 aromatic heterocycles. The first kappa shape index (κ1) is 15.2. The van der Waals surface area contributed by atoms with E-state index in [2.05, 4.69) is 19.6 Å². The fourth-order valence-electron chi connectivity index (χ4n) is 3.03. The van der Waals surface area contributed by atoms with Crippen molar-refractivity contribution >= 4 is 20.3 Å². The molecule has 1 fully saturated rings. The van der Waals surface area contributed by atoms with Crippen molar-refractivity contribution < 1.29 is 23.5 Å². The first-order chi connectivity index (χ1) is 9.24. The first-order valence-electron chi connectivity index (χ1n) is 6.89. The molecule has 0 aromatic rings. The van der Waals surface area contributed by atoms with Crippen LogP contribution in [0.2, 0.25) is 19.6 Å². The normalized spacial score (nSPS) is 36.5. The van der Waals surface area contributed by atoms with E-state index in [1.54, 1.807) is 6.08 Å². The molecule has 5 atom stereocenters. The molecule has 112 valence electrons. The van der Waals surface area contributed by atoms with Gasteiger partial charge in [-0.15, -0.1) is 0 Å². The second-order valence-corrected chi connectivity index (χ2v) is 10.8. The third kappa shape index (κ3) is 2.81. The van der Waals surface area contributed by atoms with E-state index in [9.17, 15) is 9.59 Å². The lowest BCUT2D eigenvalue weighted by Crippen LogP contribution is -2.45. The van der Waals surface area contributed by atoms with Crippen LogP contribution < -0.4 is 0 Å². The molecule has 0 aromatic carbocycles. The van der Waals surface area contributed by atoms with Gasteiger partial charge in [0.05, 0.1) is 25.0 Å². The number of hydrogen-bond donors (Lipinski definition) is 0. The molecule has 0 radical (unpaired) electrons. The van der Waals surface area contributed by atoms with Gasteiger partial charge in [-0.1, -0.05) is 12.2 Å². The lowest BCUT2D eigenvalue weighted by Gasteiger charge is -2.35. The Morgan fingerprint density at radius 2 is 1.95 bits per heavy atom. The van der Waals surface area contributed by atoms with Gasteiger partial charge in [0.2, 0.25) is 0 Å². The highest BCUT2D eigenvalue weighted by molar-refractivity contribution is 6.69. The topological polar surface area (TPSA) is 61.8 Å². The molecule has 0 N–H and O–H groups in total. The third-order valence-corrected chi connectivity index (χ3v) is 4.75. The van der Waals surface area contributed by atoms with Gasteiger partial charge in [-0.25, -0.2) is 0 Å². The third-order valence-electron chi connectivity index (χ3n) is 3.77. The SMILES string of the molecule is COC(=O)C1C=C[C@@H](O[Si](C)(C)C)[C@@H]2C(=O)O[C@@H](C)[C@H]12. The number of carbonyl (C=O) groups excluding carboxylic acids is 2. The van der Waals surface area contributed by atoms with Crippen molar-refractivity contribution in [3.63, 3.8) is 0 Å². The Balaban J connectivity index is 2.31. The Morgan fingerprint density at radius 3 is 2.50 bits per heavy atom. The maximum atomic E-state index is 12.1. The molecule has 1 aliphatic heterocycles. The van der Waals surface area contributed by atoms with Crippen molar-refractivity contribution in [2.75, 3.05) is 7.11 Å². The summed E-state index contributed by atoms with van der Waals surface area (Å²) in [6.45, 7) is 8.05. The maximum absolute atomic E-state index is 12.1. The van der Waals surface area contributed by atoms with Crippen LogP contribution >= 0.6 is 0 Å². The number of esters is 2. The lowest BCUT2D eigenvalue weighted by atomic mass is 9.73. The molecule has 0 spiro atoms. The number of ether oxygens (including phenoxy) is 2. The molecule has 6 heteroatoms. The molecule has 2 rings (SSSR count). The molecule has 0 saturated carbocycles. The average molecular weight is 298 g/mol. The zero-order valence-electron chi connectivity index (χ0n) is 12.6. The Bertz CT molecular complexity index is 439. The van der Waals surface area contributed by atoms with Crippen molar-refractivity contribution in [3.05, 3.63) is 12.2 Å². The van der Waals surface area contributed by atoms with Crippen molar-refractivity contribution in [1.82, 2.24) is 0 Å². The summed E-state index contributed by atoms with van der Waals surface area (Å²) in [6, 6.07) is 0. The number of fused-ring (bicyclic) bond motifs is 1. The molecule has 1 unspecified atom stereocenters. The highest BCUT2D eigenvalue weighted by Crippen LogP contribution is 2.42. The highest BCUT2D eigenvalue weighted by Gasteiger charge is 2.54. The predicted molar refractivity (Wildman–Crippen MR) is 75.4 cm³/mol. The summed E-state index contributed by atoms with van der Waals surface area (Å²) in [5, 5.41) is 0. The first-order valence-corrected chi connectivity index (χ1v) is 10.3. The van der Waals surface area contributed by atoms with Gasteiger partial charge in [0.1, 0.15) is 6.10 Å². The zero-order chi connectivity index (χ0) is 15.1. The van der Waals surface area contributed by atoms with Gasteiger partial charge in [-0.05, 0) is 26.6 Å². The Hall–Kier alpha value is -1.14. The smallest absolute Gasteiger partial charge is 0.312 e. The molecule has 1 heterocycles. The van der Waals surface area contributed by atoms with Gasteiger partial charge >= 0.3 is 11.9 Å².